The van der Waals surface area contributed by atoms with Crippen LogP contribution < -0.4 is 10.9 Å². The van der Waals surface area contributed by atoms with Crippen LogP contribution in [0.1, 0.15) is 11.3 Å². The van der Waals surface area contributed by atoms with Crippen molar-refractivity contribution in [3.63, 3.8) is 0 Å². The first-order chi connectivity index (χ1) is 10.1. The first kappa shape index (κ1) is 14.1. The van der Waals surface area contributed by atoms with Gasteiger partial charge in [-0.1, -0.05) is 12.1 Å². The summed E-state index contributed by atoms with van der Waals surface area (Å²) in [5.74, 6) is 0. The van der Waals surface area contributed by atoms with Crippen LogP contribution in [0.25, 0.3) is 5.65 Å². The minimum absolute atomic E-state index is 0.0526. The molecule has 0 bridgehead atoms. The zero-order chi connectivity index (χ0) is 14.8. The van der Waals surface area contributed by atoms with Crippen molar-refractivity contribution in [2.45, 2.75) is 13.5 Å². The summed E-state index contributed by atoms with van der Waals surface area (Å²) in [5.41, 5.74) is 3.42. The van der Waals surface area contributed by atoms with E-state index in [-0.39, 0.29) is 5.56 Å². The summed E-state index contributed by atoms with van der Waals surface area (Å²) in [4.78, 5) is 16.6. The second-order valence-electron chi connectivity index (χ2n) is 4.88. The van der Waals surface area contributed by atoms with Crippen LogP contribution in [0.4, 0.5) is 5.69 Å². The Hall–Kier alpha value is -1.89. The highest BCUT2D eigenvalue weighted by Gasteiger charge is 2.03. The number of benzene rings is 1. The minimum Gasteiger partial charge on any atom is -0.379 e. The molecule has 0 spiro atoms. The van der Waals surface area contributed by atoms with Gasteiger partial charge in [0.05, 0.1) is 12.2 Å². The van der Waals surface area contributed by atoms with E-state index in [1.165, 1.54) is 3.57 Å². The van der Waals surface area contributed by atoms with Crippen molar-refractivity contribution in [3.8, 4) is 0 Å². The molecule has 2 heterocycles. The van der Waals surface area contributed by atoms with Gasteiger partial charge in [0.15, 0.2) is 0 Å². The molecule has 0 amide bonds. The van der Waals surface area contributed by atoms with Crippen LogP contribution >= 0.6 is 22.6 Å². The standard InChI is InChI=1S/C16H14IN3O/c1-11-5-6-15-19-14(8-16(21)20(15)10-11)9-18-13-4-2-3-12(17)7-13/h2-8,10,18H,9H2,1H3. The first-order valence-corrected chi connectivity index (χ1v) is 7.68. The molecule has 4 nitrogen and oxygen atoms in total. The van der Waals surface area contributed by atoms with E-state index in [9.17, 15) is 4.79 Å². The summed E-state index contributed by atoms with van der Waals surface area (Å²) in [6.45, 7) is 2.48. The van der Waals surface area contributed by atoms with Gasteiger partial charge in [-0.3, -0.25) is 9.20 Å². The topological polar surface area (TPSA) is 46.4 Å². The molecule has 106 valence electrons. The lowest BCUT2D eigenvalue weighted by Crippen LogP contribution is -2.17. The smallest absolute Gasteiger partial charge is 0.258 e. The van der Waals surface area contributed by atoms with Crippen molar-refractivity contribution in [1.29, 1.82) is 0 Å². The van der Waals surface area contributed by atoms with Crippen molar-refractivity contribution in [2.75, 3.05) is 5.32 Å². The molecule has 0 saturated heterocycles. The van der Waals surface area contributed by atoms with Gasteiger partial charge in [0.2, 0.25) is 0 Å². The number of nitrogens with zero attached hydrogens (tertiary/aromatic N) is 2. The quantitative estimate of drug-likeness (QED) is 0.698. The molecule has 21 heavy (non-hydrogen) atoms. The van der Waals surface area contributed by atoms with Crippen molar-refractivity contribution >= 4 is 33.9 Å². The van der Waals surface area contributed by atoms with Crippen LogP contribution in [0.15, 0.2) is 53.5 Å². The number of hydrogen-bond donors (Lipinski definition) is 1. The highest BCUT2D eigenvalue weighted by Crippen LogP contribution is 2.13. The normalized spacial score (nSPS) is 10.8. The van der Waals surface area contributed by atoms with Gasteiger partial charge in [-0.25, -0.2) is 4.98 Å². The summed E-state index contributed by atoms with van der Waals surface area (Å²) >= 11 is 2.27. The van der Waals surface area contributed by atoms with E-state index in [0.717, 1.165) is 16.9 Å². The van der Waals surface area contributed by atoms with Gasteiger partial charge in [-0.15, -0.1) is 0 Å². The lowest BCUT2D eigenvalue weighted by atomic mass is 10.3. The minimum atomic E-state index is -0.0526. The second-order valence-corrected chi connectivity index (χ2v) is 6.13. The predicted octanol–water partition coefficient (Wildman–Crippen LogP) is 3.22. The van der Waals surface area contributed by atoms with E-state index in [1.807, 2.05) is 37.3 Å². The van der Waals surface area contributed by atoms with Crippen LogP contribution in [0.5, 0.6) is 0 Å². The fourth-order valence-corrected chi connectivity index (χ4v) is 2.68. The van der Waals surface area contributed by atoms with E-state index in [2.05, 4.69) is 39.0 Å². The third kappa shape index (κ3) is 3.24. The number of aryl methyl sites for hydroxylation is 1. The maximum atomic E-state index is 12.1. The van der Waals surface area contributed by atoms with Crippen LogP contribution in [0.3, 0.4) is 0 Å². The summed E-state index contributed by atoms with van der Waals surface area (Å²) in [6, 6.07) is 13.5. The van der Waals surface area contributed by atoms with E-state index in [0.29, 0.717) is 12.2 Å². The fourth-order valence-electron chi connectivity index (χ4n) is 2.14. The van der Waals surface area contributed by atoms with Crippen molar-refractivity contribution in [1.82, 2.24) is 9.38 Å². The molecule has 5 heteroatoms. The third-order valence-corrected chi connectivity index (χ3v) is 3.83. The molecule has 0 fully saturated rings. The Balaban J connectivity index is 1.88. The van der Waals surface area contributed by atoms with Gasteiger partial charge < -0.3 is 5.32 Å². The molecule has 0 saturated carbocycles. The highest BCUT2D eigenvalue weighted by atomic mass is 127. The molecule has 0 atom stereocenters. The highest BCUT2D eigenvalue weighted by molar-refractivity contribution is 14.1. The lowest BCUT2D eigenvalue weighted by molar-refractivity contribution is 0.965. The molecule has 0 radical (unpaired) electrons. The predicted molar refractivity (Wildman–Crippen MR) is 92.7 cm³/mol. The van der Waals surface area contributed by atoms with Crippen LogP contribution in [0.2, 0.25) is 0 Å². The Morgan fingerprint density at radius 2 is 2.10 bits per heavy atom. The van der Waals surface area contributed by atoms with Crippen molar-refractivity contribution in [2.24, 2.45) is 0 Å². The van der Waals surface area contributed by atoms with Gasteiger partial charge >= 0.3 is 0 Å². The molecule has 0 aliphatic carbocycles. The first-order valence-electron chi connectivity index (χ1n) is 6.60. The molecule has 3 rings (SSSR count). The number of anilines is 1. The maximum Gasteiger partial charge on any atom is 0.258 e. The van der Waals surface area contributed by atoms with Crippen LogP contribution in [-0.2, 0) is 6.54 Å². The number of rotatable bonds is 3. The Kier molecular flexibility index (Phi) is 3.92. The van der Waals surface area contributed by atoms with Crippen molar-refractivity contribution < 1.29 is 0 Å². The Morgan fingerprint density at radius 1 is 1.24 bits per heavy atom. The van der Waals surface area contributed by atoms with E-state index in [1.54, 1.807) is 16.7 Å². The molecule has 0 aliphatic heterocycles. The van der Waals surface area contributed by atoms with Crippen LogP contribution in [-0.4, -0.2) is 9.38 Å². The molecule has 1 N–H and O–H groups in total. The Morgan fingerprint density at radius 3 is 2.90 bits per heavy atom. The van der Waals surface area contributed by atoms with Gasteiger partial charge in [0.1, 0.15) is 5.65 Å². The SMILES string of the molecule is Cc1ccc2nc(CNc3cccc(I)c3)cc(=O)n2c1. The Bertz CT molecular complexity index is 858. The van der Waals surface area contributed by atoms with Crippen molar-refractivity contribution in [3.05, 3.63) is 73.8 Å². The molecule has 0 unspecified atom stereocenters. The molecule has 1 aromatic carbocycles. The largest absolute Gasteiger partial charge is 0.379 e. The number of aromatic nitrogens is 2. The number of nitrogens with one attached hydrogen (secondary N) is 1. The van der Waals surface area contributed by atoms with Gasteiger partial charge in [-0.2, -0.15) is 0 Å². The average molecular weight is 391 g/mol. The number of hydrogen-bond acceptors (Lipinski definition) is 3. The van der Waals surface area contributed by atoms with Gasteiger partial charge in [0, 0.05) is 21.5 Å². The van der Waals surface area contributed by atoms with Crippen LogP contribution in [0, 0.1) is 10.5 Å². The zero-order valence-corrected chi connectivity index (χ0v) is 13.7. The summed E-state index contributed by atoms with van der Waals surface area (Å²) in [6.07, 6.45) is 1.81. The second kappa shape index (κ2) is 5.85. The number of halogens is 1. The summed E-state index contributed by atoms with van der Waals surface area (Å²) < 4.78 is 2.74. The van der Waals surface area contributed by atoms with E-state index in [4.69, 9.17) is 0 Å². The molecular weight excluding hydrogens is 377 g/mol. The monoisotopic (exact) mass is 391 g/mol. The summed E-state index contributed by atoms with van der Waals surface area (Å²) in [5, 5.41) is 3.29. The third-order valence-electron chi connectivity index (χ3n) is 3.16. The van der Waals surface area contributed by atoms with Gasteiger partial charge in [0.25, 0.3) is 5.56 Å². The zero-order valence-electron chi connectivity index (χ0n) is 11.5. The molecular formula is C16H14IN3O. The molecule has 0 aliphatic rings. The average Bonchev–Trinajstić information content (AvgIpc) is 2.46. The Labute approximate surface area is 136 Å². The van der Waals surface area contributed by atoms with E-state index >= 15 is 0 Å². The lowest BCUT2D eigenvalue weighted by Gasteiger charge is -2.08. The summed E-state index contributed by atoms with van der Waals surface area (Å²) in [7, 11) is 0. The molecule has 3 aromatic rings. The number of fused-ring (bicyclic) bond motifs is 1. The molecule has 2 aromatic heterocycles. The number of pyridine rings is 1. The maximum absolute atomic E-state index is 12.1. The fraction of sp³-hybridized carbons (Fsp3) is 0.125. The van der Waals surface area contributed by atoms with Gasteiger partial charge in [-0.05, 0) is 59.3 Å². The van der Waals surface area contributed by atoms with E-state index < -0.39 is 0 Å².